The van der Waals surface area contributed by atoms with E-state index >= 15 is 0 Å². The number of nitrogens with zero attached hydrogens (tertiary/aromatic N) is 3. The van der Waals surface area contributed by atoms with E-state index in [1.165, 1.54) is 12.5 Å². The predicted molar refractivity (Wildman–Crippen MR) is 64.4 cm³/mol. The first-order valence-corrected chi connectivity index (χ1v) is 5.40. The molecule has 3 rings (SSSR count). The average molecular weight is 242 g/mol. The first kappa shape index (κ1) is 10.5. The zero-order valence-corrected chi connectivity index (χ0v) is 9.37. The monoisotopic (exact) mass is 242 g/mol. The van der Waals surface area contributed by atoms with E-state index in [1.54, 1.807) is 11.0 Å². The van der Waals surface area contributed by atoms with Gasteiger partial charge in [0.1, 0.15) is 12.7 Å². The Balaban J connectivity index is 2.04. The van der Waals surface area contributed by atoms with Crippen LogP contribution in [-0.2, 0) is 6.54 Å². The van der Waals surface area contributed by atoms with Crippen LogP contribution in [-0.4, -0.2) is 30.8 Å². The number of aromatic amines is 1. The largest absolute Gasteiger partial charge is 0.478 e. The van der Waals surface area contributed by atoms with Gasteiger partial charge in [-0.3, -0.25) is 0 Å². The van der Waals surface area contributed by atoms with Crippen LogP contribution in [0.5, 0.6) is 0 Å². The minimum atomic E-state index is -0.931. The standard InChI is InChI=1S/C12H10N4O2/c17-12(18)10-4-14-11-2-1-8(3-9(10)11)5-16-7-13-6-15-16/h1-4,6-7,14H,5H2,(H,17,18). The van der Waals surface area contributed by atoms with Crippen LogP contribution in [0.1, 0.15) is 15.9 Å². The molecule has 0 fully saturated rings. The Morgan fingerprint density at radius 3 is 3.06 bits per heavy atom. The van der Waals surface area contributed by atoms with Crippen molar-refractivity contribution in [2.45, 2.75) is 6.54 Å². The molecule has 0 unspecified atom stereocenters. The van der Waals surface area contributed by atoms with Crippen LogP contribution in [0.3, 0.4) is 0 Å². The van der Waals surface area contributed by atoms with Crippen molar-refractivity contribution in [3.63, 3.8) is 0 Å². The number of carboxylic acids is 1. The average Bonchev–Trinajstić information content (AvgIpc) is 2.97. The predicted octanol–water partition coefficient (Wildman–Crippen LogP) is 1.51. The lowest BCUT2D eigenvalue weighted by atomic mass is 10.1. The molecule has 0 spiro atoms. The van der Waals surface area contributed by atoms with Crippen molar-refractivity contribution in [1.29, 1.82) is 0 Å². The Labute approximate surface area is 102 Å². The highest BCUT2D eigenvalue weighted by Crippen LogP contribution is 2.20. The number of benzene rings is 1. The molecule has 2 heterocycles. The summed E-state index contributed by atoms with van der Waals surface area (Å²) < 4.78 is 1.69. The fourth-order valence-corrected chi connectivity index (χ4v) is 1.94. The van der Waals surface area contributed by atoms with Gasteiger partial charge >= 0.3 is 5.97 Å². The minimum Gasteiger partial charge on any atom is -0.478 e. The quantitative estimate of drug-likeness (QED) is 0.729. The SMILES string of the molecule is O=C(O)c1c[nH]c2ccc(Cn3cncn3)cc12. The zero-order chi connectivity index (χ0) is 12.5. The molecule has 2 aromatic heterocycles. The molecule has 0 aliphatic rings. The molecular weight excluding hydrogens is 232 g/mol. The van der Waals surface area contributed by atoms with Gasteiger partial charge in [-0.25, -0.2) is 14.5 Å². The van der Waals surface area contributed by atoms with Crippen LogP contribution in [0.25, 0.3) is 10.9 Å². The first-order valence-electron chi connectivity index (χ1n) is 5.40. The molecule has 0 radical (unpaired) electrons. The van der Waals surface area contributed by atoms with Crippen LogP contribution in [0.4, 0.5) is 0 Å². The van der Waals surface area contributed by atoms with Gasteiger partial charge in [0.05, 0.1) is 12.1 Å². The number of rotatable bonds is 3. The lowest BCUT2D eigenvalue weighted by molar-refractivity contribution is 0.0699. The number of nitrogens with one attached hydrogen (secondary N) is 1. The molecule has 2 N–H and O–H groups in total. The van der Waals surface area contributed by atoms with E-state index in [1.807, 2.05) is 18.2 Å². The molecule has 0 bridgehead atoms. The second-order valence-corrected chi connectivity index (χ2v) is 3.98. The summed E-state index contributed by atoms with van der Waals surface area (Å²) in [6.07, 6.45) is 4.60. The number of aromatic carboxylic acids is 1. The fraction of sp³-hybridized carbons (Fsp3) is 0.0833. The third-order valence-electron chi connectivity index (χ3n) is 2.79. The molecule has 6 nitrogen and oxygen atoms in total. The maximum Gasteiger partial charge on any atom is 0.337 e. The Morgan fingerprint density at radius 1 is 1.44 bits per heavy atom. The maximum absolute atomic E-state index is 11.1. The van der Waals surface area contributed by atoms with Gasteiger partial charge in [-0.1, -0.05) is 6.07 Å². The highest BCUT2D eigenvalue weighted by atomic mass is 16.4. The van der Waals surface area contributed by atoms with Gasteiger partial charge in [0, 0.05) is 17.1 Å². The molecular formula is C12H10N4O2. The molecule has 0 atom stereocenters. The van der Waals surface area contributed by atoms with E-state index in [9.17, 15) is 4.79 Å². The summed E-state index contributed by atoms with van der Waals surface area (Å²) in [4.78, 5) is 17.9. The number of carbonyl (C=O) groups is 1. The number of hydrogen-bond donors (Lipinski definition) is 2. The molecule has 3 aromatic rings. The lowest BCUT2D eigenvalue weighted by Gasteiger charge is -2.02. The minimum absolute atomic E-state index is 0.283. The lowest BCUT2D eigenvalue weighted by Crippen LogP contribution is -2.00. The summed E-state index contributed by atoms with van der Waals surface area (Å²) in [6.45, 7) is 0.570. The second-order valence-electron chi connectivity index (χ2n) is 3.98. The Hall–Kier alpha value is -2.63. The van der Waals surface area contributed by atoms with Crippen molar-refractivity contribution >= 4 is 16.9 Å². The van der Waals surface area contributed by atoms with Crippen LogP contribution in [0.15, 0.2) is 37.1 Å². The van der Waals surface area contributed by atoms with E-state index < -0.39 is 5.97 Å². The van der Waals surface area contributed by atoms with Crippen LogP contribution < -0.4 is 0 Å². The van der Waals surface area contributed by atoms with Gasteiger partial charge in [0.2, 0.25) is 0 Å². The van der Waals surface area contributed by atoms with E-state index in [4.69, 9.17) is 5.11 Å². The van der Waals surface area contributed by atoms with Crippen LogP contribution >= 0.6 is 0 Å². The van der Waals surface area contributed by atoms with E-state index in [0.29, 0.717) is 11.9 Å². The molecule has 0 amide bonds. The molecule has 0 aliphatic carbocycles. The summed E-state index contributed by atoms with van der Waals surface area (Å²) in [5.41, 5.74) is 2.08. The number of H-pyrrole nitrogens is 1. The topological polar surface area (TPSA) is 83.8 Å². The van der Waals surface area contributed by atoms with E-state index in [2.05, 4.69) is 15.1 Å². The van der Waals surface area contributed by atoms with Crippen molar-refractivity contribution in [1.82, 2.24) is 19.7 Å². The smallest absolute Gasteiger partial charge is 0.337 e. The van der Waals surface area contributed by atoms with Crippen molar-refractivity contribution in [3.8, 4) is 0 Å². The number of hydrogen-bond acceptors (Lipinski definition) is 3. The second kappa shape index (κ2) is 3.99. The number of aromatic nitrogens is 4. The van der Waals surface area contributed by atoms with Crippen molar-refractivity contribution in [2.24, 2.45) is 0 Å². The third-order valence-corrected chi connectivity index (χ3v) is 2.79. The van der Waals surface area contributed by atoms with E-state index in [0.717, 1.165) is 11.1 Å². The van der Waals surface area contributed by atoms with Gasteiger partial charge in [0.25, 0.3) is 0 Å². The first-order chi connectivity index (χ1) is 8.74. The summed E-state index contributed by atoms with van der Waals surface area (Å²) in [5, 5.41) is 13.8. The molecule has 90 valence electrons. The number of carboxylic acid groups (broad SMARTS) is 1. The molecule has 18 heavy (non-hydrogen) atoms. The van der Waals surface area contributed by atoms with Gasteiger partial charge < -0.3 is 10.1 Å². The van der Waals surface area contributed by atoms with Crippen LogP contribution in [0, 0.1) is 0 Å². The maximum atomic E-state index is 11.1. The van der Waals surface area contributed by atoms with Gasteiger partial charge in [0.15, 0.2) is 0 Å². The van der Waals surface area contributed by atoms with Crippen LogP contribution in [0.2, 0.25) is 0 Å². The molecule has 0 saturated carbocycles. The Morgan fingerprint density at radius 2 is 2.33 bits per heavy atom. The normalized spacial score (nSPS) is 10.9. The summed E-state index contributed by atoms with van der Waals surface area (Å²) in [6, 6.07) is 5.66. The summed E-state index contributed by atoms with van der Waals surface area (Å²) in [5.74, 6) is -0.931. The van der Waals surface area contributed by atoms with Gasteiger partial charge in [-0.2, -0.15) is 5.10 Å². The molecule has 1 aromatic carbocycles. The fourth-order valence-electron chi connectivity index (χ4n) is 1.94. The van der Waals surface area contributed by atoms with Crippen molar-refractivity contribution < 1.29 is 9.90 Å². The highest BCUT2D eigenvalue weighted by Gasteiger charge is 2.10. The third kappa shape index (κ3) is 1.73. The highest BCUT2D eigenvalue weighted by molar-refractivity contribution is 6.03. The van der Waals surface area contributed by atoms with Crippen molar-refractivity contribution in [2.75, 3.05) is 0 Å². The molecule has 0 saturated heterocycles. The number of fused-ring (bicyclic) bond motifs is 1. The molecule has 0 aliphatic heterocycles. The van der Waals surface area contributed by atoms with Crippen molar-refractivity contribution in [3.05, 3.63) is 48.2 Å². The van der Waals surface area contributed by atoms with Gasteiger partial charge in [-0.05, 0) is 17.7 Å². The van der Waals surface area contributed by atoms with E-state index in [-0.39, 0.29) is 5.56 Å². The molecule has 6 heteroatoms. The zero-order valence-electron chi connectivity index (χ0n) is 9.37. The Bertz CT molecular complexity index is 700. The summed E-state index contributed by atoms with van der Waals surface area (Å²) in [7, 11) is 0. The Kier molecular flexibility index (Phi) is 2.33. The van der Waals surface area contributed by atoms with Gasteiger partial charge in [-0.15, -0.1) is 0 Å². The summed E-state index contributed by atoms with van der Waals surface area (Å²) >= 11 is 0.